The standard InChI is InChI=1S/C18H16Cl2N2O6/c1-25-16-7-11(3-5-15(16)28-18(24)26-2)9-21-22-17(23)10-27-14-6-4-12(19)8-13(14)20/h3-9H,10H2,1-2H3,(H,22,23)/b21-9-. The smallest absolute Gasteiger partial charge is 0.493 e. The summed E-state index contributed by atoms with van der Waals surface area (Å²) < 4.78 is 19.8. The Kier molecular flexibility index (Phi) is 7.91. The monoisotopic (exact) mass is 426 g/mol. The average molecular weight is 427 g/mol. The molecule has 28 heavy (non-hydrogen) atoms. The Morgan fingerprint density at radius 2 is 1.82 bits per heavy atom. The second kappa shape index (κ2) is 10.4. The summed E-state index contributed by atoms with van der Waals surface area (Å²) in [5.41, 5.74) is 2.91. The summed E-state index contributed by atoms with van der Waals surface area (Å²) in [6, 6.07) is 9.35. The summed E-state index contributed by atoms with van der Waals surface area (Å²) in [6.45, 7) is -0.284. The van der Waals surface area contributed by atoms with Crippen LogP contribution in [0, 0.1) is 0 Å². The molecule has 0 aliphatic heterocycles. The van der Waals surface area contributed by atoms with Crippen molar-refractivity contribution in [1.82, 2.24) is 5.43 Å². The Bertz CT molecular complexity index is 888. The normalized spacial score (nSPS) is 10.4. The van der Waals surface area contributed by atoms with Crippen molar-refractivity contribution in [1.29, 1.82) is 0 Å². The molecule has 0 saturated carbocycles. The number of hydrogen-bond acceptors (Lipinski definition) is 7. The van der Waals surface area contributed by atoms with Gasteiger partial charge in [-0.15, -0.1) is 0 Å². The highest BCUT2D eigenvalue weighted by atomic mass is 35.5. The van der Waals surface area contributed by atoms with Gasteiger partial charge in [0.2, 0.25) is 0 Å². The second-order valence-electron chi connectivity index (χ2n) is 5.12. The third-order valence-corrected chi connectivity index (χ3v) is 3.73. The van der Waals surface area contributed by atoms with Crippen LogP contribution < -0.4 is 19.6 Å². The van der Waals surface area contributed by atoms with Crippen LogP contribution in [0.4, 0.5) is 4.79 Å². The van der Waals surface area contributed by atoms with Gasteiger partial charge in [-0.05, 0) is 42.0 Å². The SMILES string of the molecule is COC(=O)Oc1ccc(/C=N\NC(=O)COc2ccc(Cl)cc2Cl)cc1OC. The molecule has 0 heterocycles. The van der Waals surface area contributed by atoms with Gasteiger partial charge in [0.05, 0.1) is 25.5 Å². The summed E-state index contributed by atoms with van der Waals surface area (Å²) in [7, 11) is 2.62. The average Bonchev–Trinajstić information content (AvgIpc) is 2.68. The van der Waals surface area contributed by atoms with Crippen molar-refractivity contribution >= 4 is 41.5 Å². The number of hydrazone groups is 1. The van der Waals surface area contributed by atoms with E-state index in [2.05, 4.69) is 15.3 Å². The summed E-state index contributed by atoms with van der Waals surface area (Å²) in [5.74, 6) is 0.321. The fourth-order valence-electron chi connectivity index (χ4n) is 1.93. The minimum atomic E-state index is -0.868. The molecule has 1 amide bonds. The van der Waals surface area contributed by atoms with E-state index in [9.17, 15) is 9.59 Å². The van der Waals surface area contributed by atoms with Gasteiger partial charge in [-0.3, -0.25) is 4.79 Å². The first-order chi connectivity index (χ1) is 13.4. The van der Waals surface area contributed by atoms with Crippen LogP contribution in [-0.4, -0.2) is 39.1 Å². The lowest BCUT2D eigenvalue weighted by molar-refractivity contribution is -0.123. The molecule has 0 saturated heterocycles. The molecule has 10 heteroatoms. The summed E-state index contributed by atoms with van der Waals surface area (Å²) >= 11 is 11.7. The Hall–Kier alpha value is -2.97. The molecule has 0 aromatic heterocycles. The van der Waals surface area contributed by atoms with Crippen LogP contribution in [-0.2, 0) is 9.53 Å². The van der Waals surface area contributed by atoms with E-state index in [4.69, 9.17) is 37.4 Å². The van der Waals surface area contributed by atoms with E-state index >= 15 is 0 Å². The lowest BCUT2D eigenvalue weighted by Gasteiger charge is -2.09. The van der Waals surface area contributed by atoms with E-state index in [0.29, 0.717) is 27.1 Å². The molecule has 0 unspecified atom stereocenters. The van der Waals surface area contributed by atoms with Crippen molar-refractivity contribution in [3.8, 4) is 17.2 Å². The van der Waals surface area contributed by atoms with E-state index in [1.165, 1.54) is 32.6 Å². The molecule has 0 spiro atoms. The topological polar surface area (TPSA) is 95.5 Å². The van der Waals surface area contributed by atoms with Crippen LogP contribution in [0.15, 0.2) is 41.5 Å². The zero-order valence-electron chi connectivity index (χ0n) is 14.9. The van der Waals surface area contributed by atoms with Crippen molar-refractivity contribution in [3.05, 3.63) is 52.0 Å². The number of nitrogens with one attached hydrogen (secondary N) is 1. The fourth-order valence-corrected chi connectivity index (χ4v) is 2.39. The first kappa shape index (κ1) is 21.3. The Balaban J connectivity index is 1.90. The highest BCUT2D eigenvalue weighted by molar-refractivity contribution is 6.35. The van der Waals surface area contributed by atoms with Gasteiger partial charge >= 0.3 is 6.16 Å². The first-order valence-corrected chi connectivity index (χ1v) is 8.52. The molecule has 0 aliphatic rings. The molecule has 8 nitrogen and oxygen atoms in total. The van der Waals surface area contributed by atoms with Crippen molar-refractivity contribution in [2.75, 3.05) is 20.8 Å². The van der Waals surface area contributed by atoms with Crippen LogP contribution in [0.1, 0.15) is 5.56 Å². The molecule has 0 aliphatic carbocycles. The van der Waals surface area contributed by atoms with Gasteiger partial charge in [-0.25, -0.2) is 10.2 Å². The predicted octanol–water partition coefficient (Wildman–Crippen LogP) is 3.68. The van der Waals surface area contributed by atoms with Crippen molar-refractivity contribution in [3.63, 3.8) is 0 Å². The van der Waals surface area contributed by atoms with Gasteiger partial charge in [-0.1, -0.05) is 23.2 Å². The van der Waals surface area contributed by atoms with E-state index in [-0.39, 0.29) is 12.4 Å². The van der Waals surface area contributed by atoms with E-state index in [0.717, 1.165) is 0 Å². The minimum absolute atomic E-state index is 0.184. The van der Waals surface area contributed by atoms with Crippen LogP contribution in [0.25, 0.3) is 0 Å². The van der Waals surface area contributed by atoms with Crippen LogP contribution >= 0.6 is 23.2 Å². The van der Waals surface area contributed by atoms with Gasteiger partial charge in [-0.2, -0.15) is 5.10 Å². The van der Waals surface area contributed by atoms with E-state index in [1.807, 2.05) is 0 Å². The fraction of sp³-hybridized carbons (Fsp3) is 0.167. The molecule has 0 bridgehead atoms. The number of carbonyl (C=O) groups is 2. The van der Waals surface area contributed by atoms with Crippen molar-refractivity contribution < 1.29 is 28.5 Å². The number of methoxy groups -OCH3 is 2. The maximum Gasteiger partial charge on any atom is 0.513 e. The number of hydrogen-bond donors (Lipinski definition) is 1. The molecule has 0 fully saturated rings. The van der Waals surface area contributed by atoms with Crippen LogP contribution in [0.2, 0.25) is 10.0 Å². The van der Waals surface area contributed by atoms with Gasteiger partial charge in [0.15, 0.2) is 18.1 Å². The highest BCUT2D eigenvalue weighted by Crippen LogP contribution is 2.28. The molecule has 1 N–H and O–H groups in total. The maximum absolute atomic E-state index is 11.8. The number of amides is 1. The second-order valence-corrected chi connectivity index (χ2v) is 5.97. The largest absolute Gasteiger partial charge is 0.513 e. The Morgan fingerprint density at radius 1 is 1.07 bits per heavy atom. The van der Waals surface area contributed by atoms with Crippen LogP contribution in [0.3, 0.4) is 0 Å². The van der Waals surface area contributed by atoms with E-state index < -0.39 is 12.1 Å². The number of benzene rings is 2. The highest BCUT2D eigenvalue weighted by Gasteiger charge is 2.10. The molecule has 2 aromatic rings. The first-order valence-electron chi connectivity index (χ1n) is 7.76. The van der Waals surface area contributed by atoms with Crippen molar-refractivity contribution in [2.45, 2.75) is 0 Å². The Morgan fingerprint density at radius 3 is 2.50 bits per heavy atom. The summed E-state index contributed by atoms with van der Waals surface area (Å²) in [5, 5.41) is 4.59. The molecule has 0 atom stereocenters. The maximum atomic E-state index is 11.8. The number of rotatable bonds is 7. The van der Waals surface area contributed by atoms with Gasteiger partial charge in [0.25, 0.3) is 5.91 Å². The number of ether oxygens (including phenoxy) is 4. The third-order valence-electron chi connectivity index (χ3n) is 3.20. The lowest BCUT2D eigenvalue weighted by Crippen LogP contribution is -2.24. The van der Waals surface area contributed by atoms with Gasteiger partial charge in [0.1, 0.15) is 5.75 Å². The predicted molar refractivity (Wildman–Crippen MR) is 104 cm³/mol. The number of halogens is 2. The van der Waals surface area contributed by atoms with Gasteiger partial charge < -0.3 is 18.9 Å². The Labute approximate surface area is 170 Å². The van der Waals surface area contributed by atoms with Crippen molar-refractivity contribution in [2.24, 2.45) is 5.10 Å². The summed E-state index contributed by atoms with van der Waals surface area (Å²) in [4.78, 5) is 23.0. The molecule has 0 radical (unpaired) electrons. The third kappa shape index (κ3) is 6.33. The number of nitrogens with zero attached hydrogens (tertiary/aromatic N) is 1. The summed E-state index contributed by atoms with van der Waals surface area (Å²) in [6.07, 6.45) is 0.519. The molecular formula is C18H16Cl2N2O6. The van der Waals surface area contributed by atoms with Gasteiger partial charge in [0, 0.05) is 5.02 Å². The lowest BCUT2D eigenvalue weighted by atomic mass is 10.2. The van der Waals surface area contributed by atoms with E-state index in [1.54, 1.807) is 24.3 Å². The zero-order valence-corrected chi connectivity index (χ0v) is 16.4. The zero-order chi connectivity index (χ0) is 20.5. The molecule has 2 aromatic carbocycles. The minimum Gasteiger partial charge on any atom is -0.493 e. The number of carbonyl (C=O) groups excluding carboxylic acids is 2. The molecule has 148 valence electrons. The quantitative estimate of drug-likeness (QED) is 0.314. The molecule has 2 rings (SSSR count). The van der Waals surface area contributed by atoms with Crippen LogP contribution in [0.5, 0.6) is 17.2 Å². The molecular weight excluding hydrogens is 411 g/mol.